The van der Waals surface area contributed by atoms with Crippen LogP contribution in [0.1, 0.15) is 18.9 Å². The Morgan fingerprint density at radius 3 is 1.88 bits per heavy atom. The zero-order valence-corrected chi connectivity index (χ0v) is 11.3. The van der Waals surface area contributed by atoms with E-state index in [2.05, 4.69) is 71.3 Å². The van der Waals surface area contributed by atoms with Gasteiger partial charge < -0.3 is 0 Å². The number of allylic oxidation sites excluding steroid dienone is 1. The van der Waals surface area contributed by atoms with Gasteiger partial charge in [0.2, 0.25) is 0 Å². The standard InChI is InChI=1S/C16H17P/c1-3-12(2)13-4-6-14(7-5-13)15-8-10-16(17)11-9-15/h4-11H,2-3,17H2,1H3. The molecule has 0 amide bonds. The summed E-state index contributed by atoms with van der Waals surface area (Å²) in [5.41, 5.74) is 4.93. The van der Waals surface area contributed by atoms with Gasteiger partial charge in [-0.25, -0.2) is 0 Å². The first-order valence-corrected chi connectivity index (χ1v) is 6.42. The van der Waals surface area contributed by atoms with Crippen molar-refractivity contribution in [2.24, 2.45) is 0 Å². The molecular weight excluding hydrogens is 223 g/mol. The van der Waals surface area contributed by atoms with Crippen LogP contribution in [0.25, 0.3) is 16.7 Å². The average molecular weight is 240 g/mol. The lowest BCUT2D eigenvalue weighted by Gasteiger charge is -2.06. The fraction of sp³-hybridized carbons (Fsp3) is 0.125. The Labute approximate surface area is 106 Å². The van der Waals surface area contributed by atoms with Crippen molar-refractivity contribution in [3.8, 4) is 11.1 Å². The molecule has 0 fully saturated rings. The molecule has 2 aromatic carbocycles. The topological polar surface area (TPSA) is 0 Å². The van der Waals surface area contributed by atoms with Gasteiger partial charge in [-0.2, -0.15) is 0 Å². The summed E-state index contributed by atoms with van der Waals surface area (Å²) in [4.78, 5) is 0. The summed E-state index contributed by atoms with van der Waals surface area (Å²) in [6.07, 6.45) is 1.00. The van der Waals surface area contributed by atoms with Crippen molar-refractivity contribution >= 4 is 20.1 Å². The molecule has 86 valence electrons. The Morgan fingerprint density at radius 1 is 0.941 bits per heavy atom. The minimum atomic E-state index is 1.00. The Balaban J connectivity index is 2.29. The summed E-state index contributed by atoms with van der Waals surface area (Å²) in [7, 11) is 2.70. The van der Waals surface area contributed by atoms with Crippen LogP contribution < -0.4 is 5.30 Å². The van der Waals surface area contributed by atoms with Crippen molar-refractivity contribution in [1.29, 1.82) is 0 Å². The third kappa shape index (κ3) is 2.84. The number of benzene rings is 2. The second kappa shape index (κ2) is 5.29. The van der Waals surface area contributed by atoms with Gasteiger partial charge in [-0.1, -0.05) is 62.0 Å². The van der Waals surface area contributed by atoms with Crippen molar-refractivity contribution in [3.63, 3.8) is 0 Å². The third-order valence-electron chi connectivity index (χ3n) is 2.96. The summed E-state index contributed by atoms with van der Waals surface area (Å²) >= 11 is 0. The maximum absolute atomic E-state index is 4.05. The molecule has 0 nitrogen and oxygen atoms in total. The van der Waals surface area contributed by atoms with Crippen LogP contribution in [0.2, 0.25) is 0 Å². The van der Waals surface area contributed by atoms with Crippen LogP contribution in [0.4, 0.5) is 0 Å². The van der Waals surface area contributed by atoms with Gasteiger partial charge in [0.1, 0.15) is 0 Å². The molecule has 0 aliphatic heterocycles. The van der Waals surface area contributed by atoms with Gasteiger partial charge in [-0.15, -0.1) is 9.24 Å². The molecule has 0 aromatic heterocycles. The van der Waals surface area contributed by atoms with E-state index in [9.17, 15) is 0 Å². The van der Waals surface area contributed by atoms with E-state index in [0.717, 1.165) is 6.42 Å². The molecule has 0 heterocycles. The Morgan fingerprint density at radius 2 is 1.41 bits per heavy atom. The van der Waals surface area contributed by atoms with E-state index < -0.39 is 0 Å². The van der Waals surface area contributed by atoms with Crippen LogP contribution in [-0.2, 0) is 0 Å². The first-order valence-electron chi connectivity index (χ1n) is 5.85. The predicted octanol–water partition coefficient (Wildman–Crippen LogP) is 4.28. The van der Waals surface area contributed by atoms with Crippen molar-refractivity contribution < 1.29 is 0 Å². The Hall–Kier alpha value is -1.39. The van der Waals surface area contributed by atoms with Crippen molar-refractivity contribution in [2.45, 2.75) is 13.3 Å². The number of rotatable bonds is 3. The molecule has 0 N–H and O–H groups in total. The van der Waals surface area contributed by atoms with Crippen LogP contribution in [0.5, 0.6) is 0 Å². The zero-order valence-electron chi connectivity index (χ0n) is 10.1. The van der Waals surface area contributed by atoms with Gasteiger partial charge >= 0.3 is 0 Å². The van der Waals surface area contributed by atoms with E-state index in [1.807, 2.05) is 0 Å². The van der Waals surface area contributed by atoms with E-state index in [0.29, 0.717) is 0 Å². The predicted molar refractivity (Wildman–Crippen MR) is 80.5 cm³/mol. The highest BCUT2D eigenvalue weighted by Gasteiger charge is 1.99. The quantitative estimate of drug-likeness (QED) is 0.702. The summed E-state index contributed by atoms with van der Waals surface area (Å²) in [5, 5.41) is 1.21. The highest BCUT2D eigenvalue weighted by atomic mass is 31.0. The number of hydrogen-bond donors (Lipinski definition) is 0. The number of hydrogen-bond acceptors (Lipinski definition) is 0. The van der Waals surface area contributed by atoms with Crippen LogP contribution in [0.3, 0.4) is 0 Å². The van der Waals surface area contributed by atoms with E-state index in [1.54, 1.807) is 0 Å². The first kappa shape index (κ1) is 12.1. The molecule has 2 rings (SSSR count). The molecular formula is C16H17P. The molecule has 1 heteroatoms. The minimum Gasteiger partial charge on any atom is -0.106 e. The smallest absolute Gasteiger partial charge is 0.0184 e. The highest BCUT2D eigenvalue weighted by Crippen LogP contribution is 2.22. The fourth-order valence-corrected chi connectivity index (χ4v) is 1.97. The minimum absolute atomic E-state index is 1.00. The van der Waals surface area contributed by atoms with Crippen molar-refractivity contribution in [2.75, 3.05) is 0 Å². The molecule has 0 aliphatic carbocycles. The van der Waals surface area contributed by atoms with Crippen LogP contribution in [0.15, 0.2) is 55.1 Å². The molecule has 0 saturated heterocycles. The summed E-state index contributed by atoms with van der Waals surface area (Å²) < 4.78 is 0. The van der Waals surface area contributed by atoms with Gasteiger partial charge in [-0.05, 0) is 34.0 Å². The Kier molecular flexibility index (Phi) is 3.76. The lowest BCUT2D eigenvalue weighted by molar-refractivity contribution is 1.24. The summed E-state index contributed by atoms with van der Waals surface area (Å²) in [6.45, 7) is 6.19. The summed E-state index contributed by atoms with van der Waals surface area (Å²) in [5.74, 6) is 0. The van der Waals surface area contributed by atoms with Gasteiger partial charge in [0, 0.05) is 0 Å². The van der Waals surface area contributed by atoms with Crippen LogP contribution in [-0.4, -0.2) is 0 Å². The second-order valence-electron chi connectivity index (χ2n) is 4.16. The van der Waals surface area contributed by atoms with Crippen molar-refractivity contribution in [3.05, 3.63) is 60.7 Å². The molecule has 0 spiro atoms. The third-order valence-corrected chi connectivity index (χ3v) is 3.35. The van der Waals surface area contributed by atoms with Gasteiger partial charge in [0.15, 0.2) is 0 Å². The van der Waals surface area contributed by atoms with Gasteiger partial charge in [0.25, 0.3) is 0 Å². The normalized spacial score (nSPS) is 10.2. The van der Waals surface area contributed by atoms with Crippen LogP contribution >= 0.6 is 9.24 Å². The Bertz CT molecular complexity index is 506. The fourth-order valence-electron chi connectivity index (χ4n) is 1.78. The van der Waals surface area contributed by atoms with E-state index in [4.69, 9.17) is 0 Å². The molecule has 0 aliphatic rings. The first-order chi connectivity index (χ1) is 8.20. The monoisotopic (exact) mass is 240 g/mol. The average Bonchev–Trinajstić information content (AvgIpc) is 2.39. The van der Waals surface area contributed by atoms with Crippen LogP contribution in [0, 0.1) is 0 Å². The molecule has 0 saturated carbocycles. The summed E-state index contributed by atoms with van der Waals surface area (Å²) in [6, 6.07) is 17.1. The lowest BCUT2D eigenvalue weighted by Crippen LogP contribution is -1.88. The molecule has 1 unspecified atom stereocenters. The highest BCUT2D eigenvalue weighted by molar-refractivity contribution is 7.27. The molecule has 2 aromatic rings. The van der Waals surface area contributed by atoms with Gasteiger partial charge in [0.05, 0.1) is 0 Å². The largest absolute Gasteiger partial charge is 0.106 e. The molecule has 0 bridgehead atoms. The SMILES string of the molecule is C=C(CC)c1ccc(-c2ccc(P)cc2)cc1. The maximum Gasteiger partial charge on any atom is -0.0184 e. The molecule has 17 heavy (non-hydrogen) atoms. The van der Waals surface area contributed by atoms with E-state index in [-0.39, 0.29) is 0 Å². The van der Waals surface area contributed by atoms with E-state index >= 15 is 0 Å². The zero-order chi connectivity index (χ0) is 12.3. The molecule has 1 atom stereocenters. The maximum atomic E-state index is 4.05. The second-order valence-corrected chi connectivity index (χ2v) is 4.82. The van der Waals surface area contributed by atoms with Gasteiger partial charge in [-0.3, -0.25) is 0 Å². The lowest BCUT2D eigenvalue weighted by atomic mass is 10.0. The molecule has 0 radical (unpaired) electrons. The van der Waals surface area contributed by atoms with Crippen molar-refractivity contribution in [1.82, 2.24) is 0 Å². The van der Waals surface area contributed by atoms with E-state index in [1.165, 1.54) is 27.6 Å².